The van der Waals surface area contributed by atoms with Crippen molar-refractivity contribution >= 4 is 0 Å². The maximum atomic E-state index is 5.24. The molecule has 5 nitrogen and oxygen atoms in total. The molecule has 0 fully saturated rings. The van der Waals surface area contributed by atoms with E-state index in [4.69, 9.17) is 4.74 Å². The molecular formula is C14H20N4O. The molecule has 2 rings (SSSR count). The van der Waals surface area contributed by atoms with Gasteiger partial charge in [-0.3, -0.25) is 9.67 Å². The van der Waals surface area contributed by atoms with Crippen molar-refractivity contribution < 1.29 is 4.74 Å². The lowest BCUT2D eigenvalue weighted by Gasteiger charge is -2.18. The number of nitrogens with one attached hydrogen (secondary N) is 1. The summed E-state index contributed by atoms with van der Waals surface area (Å²) in [5.74, 6) is 0.763. The molecule has 2 heterocycles. The summed E-state index contributed by atoms with van der Waals surface area (Å²) in [5, 5.41) is 7.87. The first-order valence-corrected chi connectivity index (χ1v) is 6.38. The second-order valence-electron chi connectivity index (χ2n) is 4.48. The molecule has 0 amide bonds. The van der Waals surface area contributed by atoms with E-state index in [1.165, 1.54) is 0 Å². The normalized spacial score (nSPS) is 12.4. The van der Waals surface area contributed by atoms with E-state index in [1.54, 1.807) is 13.3 Å². The zero-order valence-corrected chi connectivity index (χ0v) is 11.8. The van der Waals surface area contributed by atoms with Crippen LogP contribution in [-0.4, -0.2) is 28.4 Å². The van der Waals surface area contributed by atoms with Crippen molar-refractivity contribution in [3.63, 3.8) is 0 Å². The molecule has 0 aliphatic rings. The number of aromatic nitrogens is 3. The summed E-state index contributed by atoms with van der Waals surface area (Å²) in [6.07, 6.45) is 3.57. The van der Waals surface area contributed by atoms with Crippen LogP contribution in [0.25, 0.3) is 0 Å². The van der Waals surface area contributed by atoms with Crippen molar-refractivity contribution in [3.05, 3.63) is 41.5 Å². The van der Waals surface area contributed by atoms with Crippen LogP contribution in [0.2, 0.25) is 0 Å². The molecule has 0 saturated heterocycles. The lowest BCUT2D eigenvalue weighted by molar-refractivity contribution is 0.411. The molecule has 0 aliphatic heterocycles. The van der Waals surface area contributed by atoms with Crippen molar-refractivity contribution in [2.24, 2.45) is 7.05 Å². The Morgan fingerprint density at radius 2 is 2.16 bits per heavy atom. The fourth-order valence-electron chi connectivity index (χ4n) is 2.20. The average Bonchev–Trinajstić information content (AvgIpc) is 2.75. The Balaban J connectivity index is 2.41. The Bertz CT molecular complexity index is 550. The van der Waals surface area contributed by atoms with Gasteiger partial charge in [-0.15, -0.1) is 0 Å². The zero-order valence-electron chi connectivity index (χ0n) is 11.8. The highest BCUT2D eigenvalue weighted by Gasteiger charge is 2.18. The van der Waals surface area contributed by atoms with Gasteiger partial charge in [-0.05, 0) is 31.2 Å². The third-order valence-electron chi connectivity index (χ3n) is 3.05. The Kier molecular flexibility index (Phi) is 4.16. The van der Waals surface area contributed by atoms with Crippen LogP contribution in [-0.2, 0) is 7.05 Å². The molecule has 0 bridgehead atoms. The third kappa shape index (κ3) is 2.93. The van der Waals surface area contributed by atoms with Crippen LogP contribution in [0.3, 0.4) is 0 Å². The van der Waals surface area contributed by atoms with Crippen molar-refractivity contribution in [2.45, 2.75) is 19.9 Å². The van der Waals surface area contributed by atoms with E-state index in [0.717, 1.165) is 29.2 Å². The Morgan fingerprint density at radius 1 is 1.37 bits per heavy atom. The van der Waals surface area contributed by atoms with Crippen LogP contribution in [0.15, 0.2) is 24.5 Å². The topological polar surface area (TPSA) is 52.0 Å². The second-order valence-corrected chi connectivity index (χ2v) is 4.48. The summed E-state index contributed by atoms with van der Waals surface area (Å²) in [6.45, 7) is 4.95. The van der Waals surface area contributed by atoms with E-state index in [1.807, 2.05) is 30.9 Å². The van der Waals surface area contributed by atoms with Crippen molar-refractivity contribution in [1.29, 1.82) is 0 Å². The van der Waals surface area contributed by atoms with Crippen molar-refractivity contribution in [2.75, 3.05) is 13.7 Å². The highest BCUT2D eigenvalue weighted by molar-refractivity contribution is 5.32. The highest BCUT2D eigenvalue weighted by atomic mass is 16.5. The van der Waals surface area contributed by atoms with Crippen LogP contribution < -0.4 is 10.1 Å². The molecule has 0 radical (unpaired) electrons. The van der Waals surface area contributed by atoms with Crippen LogP contribution in [0.4, 0.5) is 0 Å². The average molecular weight is 260 g/mol. The predicted octanol–water partition coefficient (Wildman–Crippen LogP) is 1.83. The molecule has 0 aromatic carbocycles. The Morgan fingerprint density at radius 3 is 2.74 bits per heavy atom. The van der Waals surface area contributed by atoms with Gasteiger partial charge in [0.05, 0.1) is 30.7 Å². The van der Waals surface area contributed by atoms with E-state index in [-0.39, 0.29) is 6.04 Å². The van der Waals surface area contributed by atoms with Gasteiger partial charge in [0, 0.05) is 13.2 Å². The number of aryl methyl sites for hydroxylation is 2. The summed E-state index contributed by atoms with van der Waals surface area (Å²) in [7, 11) is 3.61. The highest BCUT2D eigenvalue weighted by Crippen LogP contribution is 2.24. The SMILES string of the molecule is CCNC(c1cncc(OC)c1)c1cc(C)nn1C. The molecule has 0 spiro atoms. The van der Waals surface area contributed by atoms with E-state index >= 15 is 0 Å². The minimum Gasteiger partial charge on any atom is -0.495 e. The minimum absolute atomic E-state index is 0.0683. The van der Waals surface area contributed by atoms with Gasteiger partial charge in [-0.1, -0.05) is 6.92 Å². The molecule has 1 N–H and O–H groups in total. The van der Waals surface area contributed by atoms with Gasteiger partial charge in [-0.25, -0.2) is 0 Å². The number of nitrogens with zero attached hydrogens (tertiary/aromatic N) is 3. The molecule has 19 heavy (non-hydrogen) atoms. The van der Waals surface area contributed by atoms with Crippen LogP contribution in [0.5, 0.6) is 5.75 Å². The van der Waals surface area contributed by atoms with E-state index in [9.17, 15) is 0 Å². The van der Waals surface area contributed by atoms with Gasteiger partial charge < -0.3 is 10.1 Å². The third-order valence-corrected chi connectivity index (χ3v) is 3.05. The summed E-state index contributed by atoms with van der Waals surface area (Å²) in [4.78, 5) is 4.23. The van der Waals surface area contributed by atoms with Gasteiger partial charge in [0.2, 0.25) is 0 Å². The van der Waals surface area contributed by atoms with Crippen LogP contribution in [0.1, 0.15) is 29.9 Å². The molecule has 2 aromatic rings. The standard InChI is InChI=1S/C14H20N4O/c1-5-16-14(13-6-10(2)17-18(13)3)11-7-12(19-4)9-15-8-11/h6-9,14,16H,5H2,1-4H3. The molecule has 2 aromatic heterocycles. The van der Waals surface area contributed by atoms with E-state index in [2.05, 4.69) is 28.4 Å². The van der Waals surface area contributed by atoms with Crippen LogP contribution in [0, 0.1) is 6.92 Å². The lowest BCUT2D eigenvalue weighted by Crippen LogP contribution is -2.24. The smallest absolute Gasteiger partial charge is 0.137 e. The molecule has 0 aliphatic carbocycles. The molecule has 102 valence electrons. The van der Waals surface area contributed by atoms with Gasteiger partial charge in [0.15, 0.2) is 0 Å². The number of rotatable bonds is 5. The molecule has 1 atom stereocenters. The van der Waals surface area contributed by atoms with Crippen molar-refractivity contribution in [1.82, 2.24) is 20.1 Å². The van der Waals surface area contributed by atoms with Gasteiger partial charge in [0.1, 0.15) is 5.75 Å². The first-order chi connectivity index (χ1) is 9.15. The van der Waals surface area contributed by atoms with Crippen molar-refractivity contribution in [3.8, 4) is 5.75 Å². The first-order valence-electron chi connectivity index (χ1n) is 6.38. The van der Waals surface area contributed by atoms with E-state index in [0.29, 0.717) is 0 Å². The summed E-state index contributed by atoms with van der Waals surface area (Å²) >= 11 is 0. The summed E-state index contributed by atoms with van der Waals surface area (Å²) < 4.78 is 7.15. The minimum atomic E-state index is 0.0683. The molecular weight excluding hydrogens is 240 g/mol. The maximum absolute atomic E-state index is 5.24. The predicted molar refractivity (Wildman–Crippen MR) is 74.3 cm³/mol. The largest absolute Gasteiger partial charge is 0.495 e. The quantitative estimate of drug-likeness (QED) is 0.891. The number of pyridine rings is 1. The molecule has 1 unspecified atom stereocenters. The molecule has 5 heteroatoms. The maximum Gasteiger partial charge on any atom is 0.137 e. The van der Waals surface area contributed by atoms with Gasteiger partial charge in [0.25, 0.3) is 0 Å². The fourth-order valence-corrected chi connectivity index (χ4v) is 2.20. The number of hydrogen-bond donors (Lipinski definition) is 1. The monoisotopic (exact) mass is 260 g/mol. The number of hydrogen-bond acceptors (Lipinski definition) is 4. The van der Waals surface area contributed by atoms with Gasteiger partial charge in [-0.2, -0.15) is 5.10 Å². The van der Waals surface area contributed by atoms with Crippen LogP contribution >= 0.6 is 0 Å². The fraction of sp³-hybridized carbons (Fsp3) is 0.429. The number of methoxy groups -OCH3 is 1. The molecule has 0 saturated carbocycles. The van der Waals surface area contributed by atoms with Gasteiger partial charge >= 0.3 is 0 Å². The first kappa shape index (κ1) is 13.5. The Labute approximate surface area is 113 Å². The Hall–Kier alpha value is -1.88. The summed E-state index contributed by atoms with van der Waals surface area (Å²) in [6, 6.07) is 4.16. The number of ether oxygens (including phenoxy) is 1. The lowest BCUT2D eigenvalue weighted by atomic mass is 10.1. The summed E-state index contributed by atoms with van der Waals surface area (Å²) in [5.41, 5.74) is 3.20. The van der Waals surface area contributed by atoms with E-state index < -0.39 is 0 Å². The zero-order chi connectivity index (χ0) is 13.8. The second kappa shape index (κ2) is 5.84.